The fourth-order valence-corrected chi connectivity index (χ4v) is 4.54. The molecule has 2 aliphatic heterocycles. The molecule has 2 aliphatic rings. The van der Waals surface area contributed by atoms with Crippen LogP contribution in [-0.2, 0) is 19.9 Å². The number of benzene rings is 2. The van der Waals surface area contributed by atoms with Gasteiger partial charge in [-0.3, -0.25) is 9.59 Å². The Morgan fingerprint density at radius 1 is 1.12 bits per heavy atom. The number of primary amides is 1. The number of β-amino-alcohol motifs (C(OH)–C–C–N with tert-alkyl or cyclic N) is 1. The van der Waals surface area contributed by atoms with Crippen LogP contribution in [0.25, 0.3) is 0 Å². The molecular formula is C23H25ClN4O5. The van der Waals surface area contributed by atoms with Crippen LogP contribution in [0.3, 0.4) is 0 Å². The first-order valence-electron chi connectivity index (χ1n) is 10.6. The average Bonchev–Trinajstić information content (AvgIpc) is 3.01. The monoisotopic (exact) mass is 472 g/mol. The molecule has 2 atom stereocenters. The van der Waals surface area contributed by atoms with Gasteiger partial charge in [-0.2, -0.15) is 0 Å². The van der Waals surface area contributed by atoms with Gasteiger partial charge in [-0.1, -0.05) is 23.7 Å². The summed E-state index contributed by atoms with van der Waals surface area (Å²) in [6, 6.07) is 12.6. The number of halogens is 1. The summed E-state index contributed by atoms with van der Waals surface area (Å²) in [5.41, 5.74) is 5.76. The molecule has 0 aromatic heterocycles. The van der Waals surface area contributed by atoms with Gasteiger partial charge in [-0.05, 0) is 42.0 Å². The topological polar surface area (TPSA) is 125 Å². The fraction of sp³-hybridized carbons (Fsp3) is 0.348. The van der Waals surface area contributed by atoms with Crippen molar-refractivity contribution in [3.8, 4) is 0 Å². The van der Waals surface area contributed by atoms with E-state index in [9.17, 15) is 19.5 Å². The number of nitrogens with zero attached hydrogens (tertiary/aromatic N) is 2. The van der Waals surface area contributed by atoms with E-state index in [1.165, 1.54) is 4.90 Å². The molecule has 2 fully saturated rings. The van der Waals surface area contributed by atoms with Crippen LogP contribution in [0.2, 0.25) is 5.02 Å². The quantitative estimate of drug-likeness (QED) is 0.628. The Morgan fingerprint density at radius 3 is 2.48 bits per heavy atom. The molecule has 2 aromatic rings. The van der Waals surface area contributed by atoms with Crippen molar-refractivity contribution in [1.82, 2.24) is 4.90 Å². The number of anilines is 2. The molecule has 0 radical (unpaired) electrons. The van der Waals surface area contributed by atoms with Crippen LogP contribution in [-0.4, -0.2) is 60.3 Å². The molecule has 0 bridgehead atoms. The molecule has 10 heteroatoms. The molecule has 0 spiro atoms. The highest BCUT2D eigenvalue weighted by molar-refractivity contribution is 6.30. The van der Waals surface area contributed by atoms with Crippen LogP contribution in [0, 0.1) is 0 Å². The Kier molecular flexibility index (Phi) is 6.55. The maximum absolute atomic E-state index is 13.6. The number of ether oxygens (including phenoxy) is 1. The van der Waals surface area contributed by atoms with Gasteiger partial charge in [0, 0.05) is 35.9 Å². The smallest absolute Gasteiger partial charge is 0.316 e. The van der Waals surface area contributed by atoms with Crippen LogP contribution < -0.4 is 16.0 Å². The van der Waals surface area contributed by atoms with Crippen LogP contribution >= 0.6 is 11.6 Å². The first-order chi connectivity index (χ1) is 15.8. The molecule has 2 aromatic carbocycles. The lowest BCUT2D eigenvalue weighted by molar-refractivity contribution is -0.125. The number of likely N-dealkylation sites (tertiary alicyclic amines) is 1. The molecule has 4 amide bonds. The molecule has 0 aliphatic carbocycles. The summed E-state index contributed by atoms with van der Waals surface area (Å²) in [6.45, 7) is 1.25. The second-order valence-corrected chi connectivity index (χ2v) is 8.52. The molecule has 174 valence electrons. The van der Waals surface area contributed by atoms with Crippen molar-refractivity contribution in [2.45, 2.75) is 24.5 Å². The Balaban J connectivity index is 1.62. The van der Waals surface area contributed by atoms with Crippen LogP contribution in [0.4, 0.5) is 16.2 Å². The van der Waals surface area contributed by atoms with Crippen molar-refractivity contribution >= 4 is 40.8 Å². The van der Waals surface area contributed by atoms with E-state index < -0.39 is 23.6 Å². The van der Waals surface area contributed by atoms with Crippen molar-refractivity contribution in [3.63, 3.8) is 0 Å². The Bertz CT molecular complexity index is 1050. The number of hydrogen-bond donors (Lipinski definition) is 3. The molecule has 0 saturated carbocycles. The van der Waals surface area contributed by atoms with E-state index in [1.54, 1.807) is 53.4 Å². The molecule has 4 N–H and O–H groups in total. The number of rotatable bonds is 4. The highest BCUT2D eigenvalue weighted by Crippen LogP contribution is 2.40. The first kappa shape index (κ1) is 23.0. The molecule has 2 heterocycles. The summed E-state index contributed by atoms with van der Waals surface area (Å²) in [7, 11) is 0. The number of aliphatic hydroxyl groups is 1. The number of aliphatic hydroxyl groups excluding tert-OH is 1. The predicted molar refractivity (Wildman–Crippen MR) is 123 cm³/mol. The standard InChI is InChI=1S/C23H25ClN4O5/c24-16-3-1-15(2-4-16)23(13-19(29)14-28(23)22(25)32)21(31)26-17-5-7-18(8-6-17)27-10-12-33-11-9-20(27)30/h1-8,19,29H,9-14H2,(H2,25,32)(H,26,31)/t19-,23-/m1/s1. The van der Waals surface area contributed by atoms with E-state index in [1.807, 2.05) is 0 Å². The zero-order valence-corrected chi connectivity index (χ0v) is 18.6. The zero-order chi connectivity index (χ0) is 23.6. The summed E-state index contributed by atoms with van der Waals surface area (Å²) >= 11 is 6.01. The lowest BCUT2D eigenvalue weighted by atomic mass is 9.85. The van der Waals surface area contributed by atoms with Crippen molar-refractivity contribution in [3.05, 3.63) is 59.1 Å². The van der Waals surface area contributed by atoms with Crippen molar-refractivity contribution < 1.29 is 24.2 Å². The summed E-state index contributed by atoms with van der Waals surface area (Å²) in [5, 5.41) is 13.7. The van der Waals surface area contributed by atoms with Crippen molar-refractivity contribution in [2.75, 3.05) is 36.5 Å². The average molecular weight is 473 g/mol. The van der Waals surface area contributed by atoms with Gasteiger partial charge in [0.15, 0.2) is 5.54 Å². The van der Waals surface area contributed by atoms with Crippen LogP contribution in [0.5, 0.6) is 0 Å². The normalized spacial score (nSPS) is 23.3. The van der Waals surface area contributed by atoms with Crippen molar-refractivity contribution in [2.24, 2.45) is 5.73 Å². The second-order valence-electron chi connectivity index (χ2n) is 8.08. The number of hydrogen-bond acceptors (Lipinski definition) is 5. The molecule has 2 saturated heterocycles. The SMILES string of the molecule is NC(=O)N1C[C@H](O)C[C@]1(C(=O)Nc1ccc(N2CCOCCC2=O)cc1)c1ccc(Cl)cc1. The highest BCUT2D eigenvalue weighted by atomic mass is 35.5. The Morgan fingerprint density at radius 2 is 1.82 bits per heavy atom. The number of nitrogens with one attached hydrogen (secondary N) is 1. The number of nitrogens with two attached hydrogens (primary N) is 1. The van der Waals surface area contributed by atoms with E-state index in [-0.39, 0.29) is 18.9 Å². The third-order valence-electron chi connectivity index (χ3n) is 6.01. The Labute approximate surface area is 196 Å². The van der Waals surface area contributed by atoms with E-state index in [4.69, 9.17) is 22.1 Å². The van der Waals surface area contributed by atoms with E-state index in [0.29, 0.717) is 48.1 Å². The number of urea groups is 1. The third kappa shape index (κ3) is 4.52. The van der Waals surface area contributed by atoms with E-state index in [0.717, 1.165) is 0 Å². The molecule has 0 unspecified atom stereocenters. The van der Waals surface area contributed by atoms with Gasteiger partial charge < -0.3 is 30.7 Å². The van der Waals surface area contributed by atoms with Crippen LogP contribution in [0.1, 0.15) is 18.4 Å². The third-order valence-corrected chi connectivity index (χ3v) is 6.26. The summed E-state index contributed by atoms with van der Waals surface area (Å²) in [5.74, 6) is -0.532. The predicted octanol–water partition coefficient (Wildman–Crippen LogP) is 2.07. The van der Waals surface area contributed by atoms with Gasteiger partial charge in [-0.25, -0.2) is 4.79 Å². The minimum Gasteiger partial charge on any atom is -0.391 e. The lowest BCUT2D eigenvalue weighted by Crippen LogP contribution is -2.54. The maximum Gasteiger partial charge on any atom is 0.316 e. The summed E-state index contributed by atoms with van der Waals surface area (Å²) in [4.78, 5) is 40.9. The maximum atomic E-state index is 13.6. The Hall–Kier alpha value is -3.14. The van der Waals surface area contributed by atoms with Gasteiger partial charge in [0.05, 0.1) is 25.7 Å². The van der Waals surface area contributed by atoms with Gasteiger partial charge in [-0.15, -0.1) is 0 Å². The summed E-state index contributed by atoms with van der Waals surface area (Å²) in [6.07, 6.45) is -0.616. The van der Waals surface area contributed by atoms with Crippen molar-refractivity contribution in [1.29, 1.82) is 0 Å². The van der Waals surface area contributed by atoms with Gasteiger partial charge in [0.1, 0.15) is 0 Å². The molecule has 9 nitrogen and oxygen atoms in total. The second kappa shape index (κ2) is 9.38. The largest absolute Gasteiger partial charge is 0.391 e. The zero-order valence-electron chi connectivity index (χ0n) is 17.9. The minimum absolute atomic E-state index is 0.0101. The van der Waals surface area contributed by atoms with Gasteiger partial charge in [0.25, 0.3) is 5.91 Å². The first-order valence-corrected chi connectivity index (χ1v) is 11.0. The van der Waals surface area contributed by atoms with Gasteiger partial charge >= 0.3 is 6.03 Å². The molecule has 33 heavy (non-hydrogen) atoms. The number of amides is 4. The van der Waals surface area contributed by atoms with Crippen LogP contribution in [0.15, 0.2) is 48.5 Å². The molecular weight excluding hydrogens is 448 g/mol. The fourth-order valence-electron chi connectivity index (χ4n) is 4.42. The number of carbonyl (C=O) groups is 3. The van der Waals surface area contributed by atoms with Gasteiger partial charge in [0.2, 0.25) is 5.91 Å². The molecule has 4 rings (SSSR count). The minimum atomic E-state index is -1.49. The lowest BCUT2D eigenvalue weighted by Gasteiger charge is -2.36. The van der Waals surface area contributed by atoms with E-state index in [2.05, 4.69) is 5.32 Å². The number of carbonyl (C=O) groups excluding carboxylic acids is 3. The summed E-state index contributed by atoms with van der Waals surface area (Å²) < 4.78 is 5.36. The van der Waals surface area contributed by atoms with E-state index >= 15 is 0 Å². The highest BCUT2D eigenvalue weighted by Gasteiger charge is 2.54.